The maximum atomic E-state index is 6.25. The number of benzene rings is 1. The van der Waals surface area contributed by atoms with Gasteiger partial charge in [-0.3, -0.25) is 4.98 Å². The van der Waals surface area contributed by atoms with Gasteiger partial charge in [-0.05, 0) is 24.1 Å². The quantitative estimate of drug-likeness (QED) is 0.763. The van der Waals surface area contributed by atoms with Crippen LogP contribution in [0.25, 0.3) is 11.0 Å². The van der Waals surface area contributed by atoms with Gasteiger partial charge in [0, 0.05) is 29.4 Å². The highest BCUT2D eigenvalue weighted by Gasteiger charge is 2.13. The van der Waals surface area contributed by atoms with E-state index < -0.39 is 0 Å². The average molecular weight is 238 g/mol. The van der Waals surface area contributed by atoms with E-state index >= 15 is 0 Å². The Morgan fingerprint density at radius 1 is 1.17 bits per heavy atom. The zero-order valence-corrected chi connectivity index (χ0v) is 9.91. The number of rotatable bonds is 3. The van der Waals surface area contributed by atoms with Crippen molar-refractivity contribution < 1.29 is 4.42 Å². The SMILES string of the molecule is NC(Cc1cccnc1)c1coc2ccccc12. The van der Waals surface area contributed by atoms with Crippen LogP contribution >= 0.6 is 0 Å². The molecule has 3 heteroatoms. The molecule has 0 saturated carbocycles. The van der Waals surface area contributed by atoms with Crippen molar-refractivity contribution in [3.63, 3.8) is 0 Å². The molecule has 0 aliphatic carbocycles. The first-order valence-corrected chi connectivity index (χ1v) is 5.95. The number of hydrogen-bond acceptors (Lipinski definition) is 3. The average Bonchev–Trinajstić information content (AvgIpc) is 2.84. The molecule has 90 valence electrons. The summed E-state index contributed by atoms with van der Waals surface area (Å²) >= 11 is 0. The van der Waals surface area contributed by atoms with Crippen molar-refractivity contribution >= 4 is 11.0 Å². The van der Waals surface area contributed by atoms with Crippen LogP contribution in [0.3, 0.4) is 0 Å². The summed E-state index contributed by atoms with van der Waals surface area (Å²) in [7, 11) is 0. The zero-order chi connectivity index (χ0) is 12.4. The van der Waals surface area contributed by atoms with Gasteiger partial charge >= 0.3 is 0 Å². The van der Waals surface area contributed by atoms with Gasteiger partial charge in [0.1, 0.15) is 5.58 Å². The summed E-state index contributed by atoms with van der Waals surface area (Å²) in [5, 5.41) is 1.09. The second kappa shape index (κ2) is 4.63. The summed E-state index contributed by atoms with van der Waals surface area (Å²) in [6.07, 6.45) is 6.13. The van der Waals surface area contributed by atoms with E-state index in [-0.39, 0.29) is 6.04 Å². The van der Waals surface area contributed by atoms with E-state index in [2.05, 4.69) is 4.98 Å². The Bertz CT molecular complexity index is 646. The molecule has 1 atom stereocenters. The van der Waals surface area contributed by atoms with Crippen LogP contribution in [0.15, 0.2) is 59.5 Å². The van der Waals surface area contributed by atoms with E-state index in [4.69, 9.17) is 10.2 Å². The fourth-order valence-corrected chi connectivity index (χ4v) is 2.17. The largest absolute Gasteiger partial charge is 0.464 e. The van der Waals surface area contributed by atoms with Gasteiger partial charge in [0.25, 0.3) is 0 Å². The first-order chi connectivity index (χ1) is 8.84. The van der Waals surface area contributed by atoms with Crippen molar-refractivity contribution in [2.24, 2.45) is 5.73 Å². The van der Waals surface area contributed by atoms with Crippen LogP contribution in [-0.2, 0) is 6.42 Å². The molecule has 3 aromatic rings. The lowest BCUT2D eigenvalue weighted by atomic mass is 10.0. The summed E-state index contributed by atoms with van der Waals surface area (Å²) in [5.41, 5.74) is 9.32. The topological polar surface area (TPSA) is 52.0 Å². The van der Waals surface area contributed by atoms with Crippen LogP contribution in [-0.4, -0.2) is 4.98 Å². The van der Waals surface area contributed by atoms with Crippen molar-refractivity contribution in [1.29, 1.82) is 0 Å². The van der Waals surface area contributed by atoms with Crippen molar-refractivity contribution in [3.05, 3.63) is 66.2 Å². The van der Waals surface area contributed by atoms with Gasteiger partial charge in [-0.25, -0.2) is 0 Å². The molecule has 0 amide bonds. The highest BCUT2D eigenvalue weighted by Crippen LogP contribution is 2.26. The molecular formula is C15H14N2O. The maximum Gasteiger partial charge on any atom is 0.134 e. The van der Waals surface area contributed by atoms with Gasteiger partial charge in [0.2, 0.25) is 0 Å². The van der Waals surface area contributed by atoms with Crippen LogP contribution in [0.4, 0.5) is 0 Å². The maximum absolute atomic E-state index is 6.25. The Labute approximate surface area is 105 Å². The zero-order valence-electron chi connectivity index (χ0n) is 9.91. The Morgan fingerprint density at radius 3 is 2.89 bits per heavy atom. The van der Waals surface area contributed by atoms with Crippen LogP contribution < -0.4 is 5.73 Å². The molecule has 0 spiro atoms. The van der Waals surface area contributed by atoms with E-state index in [1.54, 1.807) is 12.5 Å². The number of nitrogens with zero attached hydrogens (tertiary/aromatic N) is 1. The number of hydrogen-bond donors (Lipinski definition) is 1. The van der Waals surface area contributed by atoms with Gasteiger partial charge in [0.05, 0.1) is 6.26 Å². The highest BCUT2D eigenvalue weighted by atomic mass is 16.3. The second-order valence-electron chi connectivity index (χ2n) is 4.36. The third kappa shape index (κ3) is 2.00. The monoisotopic (exact) mass is 238 g/mol. The summed E-state index contributed by atoms with van der Waals surface area (Å²) in [4.78, 5) is 4.10. The first-order valence-electron chi connectivity index (χ1n) is 5.95. The number of fused-ring (bicyclic) bond motifs is 1. The smallest absolute Gasteiger partial charge is 0.134 e. The minimum Gasteiger partial charge on any atom is -0.464 e. The standard InChI is InChI=1S/C15H14N2O/c16-14(8-11-4-3-7-17-9-11)13-10-18-15-6-2-1-5-12(13)15/h1-7,9-10,14H,8,16H2. The molecule has 0 radical (unpaired) electrons. The number of furan rings is 1. The molecule has 0 saturated heterocycles. The van der Waals surface area contributed by atoms with Crippen molar-refractivity contribution in [1.82, 2.24) is 4.98 Å². The van der Waals surface area contributed by atoms with Gasteiger partial charge in [0.15, 0.2) is 0 Å². The Kier molecular flexibility index (Phi) is 2.82. The predicted molar refractivity (Wildman–Crippen MR) is 71.1 cm³/mol. The Balaban J connectivity index is 1.90. The fraction of sp³-hybridized carbons (Fsp3) is 0.133. The van der Waals surface area contributed by atoms with Gasteiger partial charge in [-0.15, -0.1) is 0 Å². The summed E-state index contributed by atoms with van der Waals surface area (Å²) in [6.45, 7) is 0. The molecule has 2 aromatic heterocycles. The highest BCUT2D eigenvalue weighted by molar-refractivity contribution is 5.81. The lowest BCUT2D eigenvalue weighted by molar-refractivity contribution is 0.599. The number of pyridine rings is 1. The lowest BCUT2D eigenvalue weighted by Gasteiger charge is -2.09. The molecule has 2 N–H and O–H groups in total. The third-order valence-corrected chi connectivity index (χ3v) is 3.09. The molecule has 3 nitrogen and oxygen atoms in total. The molecule has 1 unspecified atom stereocenters. The van der Waals surface area contributed by atoms with E-state index in [0.717, 1.165) is 28.5 Å². The molecular weight excluding hydrogens is 224 g/mol. The predicted octanol–water partition coefficient (Wildman–Crippen LogP) is 3.07. The van der Waals surface area contributed by atoms with Gasteiger partial charge < -0.3 is 10.2 Å². The Morgan fingerprint density at radius 2 is 2.06 bits per heavy atom. The molecule has 1 aromatic carbocycles. The minimum atomic E-state index is -0.0714. The van der Waals surface area contributed by atoms with Crippen molar-refractivity contribution in [2.45, 2.75) is 12.5 Å². The van der Waals surface area contributed by atoms with E-state index in [0.29, 0.717) is 0 Å². The van der Waals surface area contributed by atoms with Crippen LogP contribution in [0.5, 0.6) is 0 Å². The van der Waals surface area contributed by atoms with Crippen LogP contribution in [0, 0.1) is 0 Å². The second-order valence-corrected chi connectivity index (χ2v) is 4.36. The lowest BCUT2D eigenvalue weighted by Crippen LogP contribution is -2.12. The fourth-order valence-electron chi connectivity index (χ4n) is 2.17. The normalized spacial score (nSPS) is 12.7. The number of nitrogens with two attached hydrogens (primary N) is 1. The summed E-state index contributed by atoms with van der Waals surface area (Å²) in [6, 6.07) is 11.8. The number of para-hydroxylation sites is 1. The minimum absolute atomic E-state index is 0.0714. The molecule has 0 aliphatic rings. The third-order valence-electron chi connectivity index (χ3n) is 3.09. The van der Waals surface area contributed by atoms with E-state index in [9.17, 15) is 0 Å². The van der Waals surface area contributed by atoms with E-state index in [1.807, 2.05) is 42.6 Å². The molecule has 0 fully saturated rings. The van der Waals surface area contributed by atoms with Crippen LogP contribution in [0.1, 0.15) is 17.2 Å². The number of aromatic nitrogens is 1. The molecule has 0 bridgehead atoms. The molecule has 18 heavy (non-hydrogen) atoms. The van der Waals surface area contributed by atoms with Crippen molar-refractivity contribution in [3.8, 4) is 0 Å². The van der Waals surface area contributed by atoms with E-state index in [1.165, 1.54) is 0 Å². The van der Waals surface area contributed by atoms with Gasteiger partial charge in [-0.1, -0.05) is 24.3 Å². The molecule has 3 rings (SSSR count). The molecule has 2 heterocycles. The summed E-state index contributed by atoms with van der Waals surface area (Å²) < 4.78 is 5.51. The molecule has 0 aliphatic heterocycles. The summed E-state index contributed by atoms with van der Waals surface area (Å²) in [5.74, 6) is 0. The first kappa shape index (κ1) is 11.0. The Hall–Kier alpha value is -2.13. The van der Waals surface area contributed by atoms with Gasteiger partial charge in [-0.2, -0.15) is 0 Å². The van der Waals surface area contributed by atoms with Crippen LogP contribution in [0.2, 0.25) is 0 Å². The van der Waals surface area contributed by atoms with Crippen molar-refractivity contribution in [2.75, 3.05) is 0 Å².